The van der Waals surface area contributed by atoms with Gasteiger partial charge in [0, 0.05) is 5.56 Å². The van der Waals surface area contributed by atoms with Crippen LogP contribution in [0.4, 0.5) is 5.69 Å². The van der Waals surface area contributed by atoms with Gasteiger partial charge in [-0.1, -0.05) is 24.6 Å². The molecule has 1 aromatic carbocycles. The Balaban J connectivity index is 1.96. The number of nitrogens with two attached hydrogens (primary N) is 1. The average Bonchev–Trinajstić information content (AvgIpc) is 2.92. The summed E-state index contributed by atoms with van der Waals surface area (Å²) in [7, 11) is 0. The van der Waals surface area contributed by atoms with E-state index in [1.807, 2.05) is 16.8 Å². The van der Waals surface area contributed by atoms with Crippen molar-refractivity contribution in [2.24, 2.45) is 5.92 Å². The molecule has 0 radical (unpaired) electrons. The van der Waals surface area contributed by atoms with E-state index in [0.717, 1.165) is 24.3 Å². The van der Waals surface area contributed by atoms with E-state index in [9.17, 15) is 0 Å². The molecule has 6 heteroatoms. The highest BCUT2D eigenvalue weighted by atomic mass is 35.5. The number of nitrogen functional groups attached to an aromatic ring is 1. The molecule has 0 atom stereocenters. The highest BCUT2D eigenvalue weighted by Gasteiger charge is 2.24. The molecule has 0 bridgehead atoms. The van der Waals surface area contributed by atoms with Crippen LogP contribution in [0.1, 0.15) is 38.6 Å². The Labute approximate surface area is 123 Å². The molecule has 0 unspecified atom stereocenters. The fourth-order valence-electron chi connectivity index (χ4n) is 2.83. The van der Waals surface area contributed by atoms with Crippen molar-refractivity contribution in [3.63, 3.8) is 0 Å². The summed E-state index contributed by atoms with van der Waals surface area (Å²) in [4.78, 5) is 0. The predicted molar refractivity (Wildman–Crippen MR) is 79.3 cm³/mol. The van der Waals surface area contributed by atoms with Crippen molar-refractivity contribution in [3.05, 3.63) is 23.2 Å². The molecule has 1 heterocycles. The number of benzene rings is 1. The second-order valence-corrected chi connectivity index (χ2v) is 5.95. The Morgan fingerprint density at radius 2 is 2.00 bits per heavy atom. The van der Waals surface area contributed by atoms with Crippen LogP contribution in [-0.4, -0.2) is 20.2 Å². The van der Waals surface area contributed by atoms with E-state index >= 15 is 0 Å². The minimum absolute atomic E-state index is 0.355. The Hall–Kier alpha value is -1.62. The largest absolute Gasteiger partial charge is 0.398 e. The maximum atomic E-state index is 6.28. The summed E-state index contributed by atoms with van der Waals surface area (Å²) < 4.78 is 1.91. The first-order valence-electron chi connectivity index (χ1n) is 6.99. The third-order valence-corrected chi connectivity index (χ3v) is 4.52. The molecule has 0 amide bonds. The summed E-state index contributed by atoms with van der Waals surface area (Å²) in [5.74, 6) is 1.50. The number of anilines is 1. The summed E-state index contributed by atoms with van der Waals surface area (Å²) >= 11 is 6.28. The molecule has 20 heavy (non-hydrogen) atoms. The van der Waals surface area contributed by atoms with Crippen molar-refractivity contribution in [1.82, 2.24) is 20.2 Å². The smallest absolute Gasteiger partial charge is 0.183 e. The maximum Gasteiger partial charge on any atom is 0.183 e. The average molecular weight is 292 g/mol. The van der Waals surface area contributed by atoms with Crippen molar-refractivity contribution in [1.29, 1.82) is 0 Å². The number of aromatic nitrogens is 4. The molecule has 2 N–H and O–H groups in total. The SMILES string of the molecule is CC1CCC(n2nnnc2-c2cccc(N)c2Cl)CC1. The predicted octanol–water partition coefficient (Wildman–Crippen LogP) is 3.33. The second-order valence-electron chi connectivity index (χ2n) is 5.57. The lowest BCUT2D eigenvalue weighted by Gasteiger charge is -2.26. The van der Waals surface area contributed by atoms with Crippen LogP contribution >= 0.6 is 11.6 Å². The molecule has 1 saturated carbocycles. The molecule has 5 nitrogen and oxygen atoms in total. The number of tetrazole rings is 1. The van der Waals surface area contributed by atoms with Crippen molar-refractivity contribution in [2.45, 2.75) is 38.6 Å². The lowest BCUT2D eigenvalue weighted by molar-refractivity contribution is 0.272. The highest BCUT2D eigenvalue weighted by Crippen LogP contribution is 2.36. The summed E-state index contributed by atoms with van der Waals surface area (Å²) in [5, 5.41) is 12.7. The monoisotopic (exact) mass is 291 g/mol. The minimum atomic E-state index is 0.355. The van der Waals surface area contributed by atoms with Gasteiger partial charge < -0.3 is 5.73 Å². The first-order chi connectivity index (χ1) is 9.66. The molecule has 106 valence electrons. The zero-order valence-electron chi connectivity index (χ0n) is 11.5. The van der Waals surface area contributed by atoms with E-state index in [0.29, 0.717) is 22.6 Å². The number of halogens is 1. The van der Waals surface area contributed by atoms with Crippen LogP contribution in [0.2, 0.25) is 5.02 Å². The third-order valence-electron chi connectivity index (χ3n) is 4.09. The normalized spacial score (nSPS) is 22.9. The molecule has 1 aliphatic carbocycles. The molecule has 0 saturated heterocycles. The third kappa shape index (κ3) is 2.38. The van der Waals surface area contributed by atoms with Crippen molar-refractivity contribution in [2.75, 3.05) is 5.73 Å². The zero-order chi connectivity index (χ0) is 14.1. The Bertz CT molecular complexity index is 601. The number of rotatable bonds is 2. The number of hydrogen-bond donors (Lipinski definition) is 1. The lowest BCUT2D eigenvalue weighted by Crippen LogP contribution is -2.18. The lowest BCUT2D eigenvalue weighted by atomic mass is 9.87. The van der Waals surface area contributed by atoms with Crippen LogP contribution in [0.3, 0.4) is 0 Å². The quantitative estimate of drug-likeness (QED) is 0.862. The van der Waals surface area contributed by atoms with E-state index in [-0.39, 0.29) is 0 Å². The summed E-state index contributed by atoms with van der Waals surface area (Å²) in [6, 6.07) is 5.92. The molecule has 1 fully saturated rings. The first kappa shape index (κ1) is 13.4. The molecular weight excluding hydrogens is 274 g/mol. The van der Waals surface area contributed by atoms with Crippen molar-refractivity contribution in [3.8, 4) is 11.4 Å². The summed E-state index contributed by atoms with van der Waals surface area (Å²) in [6.45, 7) is 2.30. The molecule has 0 aliphatic heterocycles. The van der Waals surface area contributed by atoms with Gasteiger partial charge in [0.1, 0.15) is 0 Å². The molecule has 2 aromatic rings. The molecular formula is C14H18ClN5. The van der Waals surface area contributed by atoms with E-state index in [2.05, 4.69) is 22.4 Å². The van der Waals surface area contributed by atoms with Crippen LogP contribution in [0.15, 0.2) is 18.2 Å². The van der Waals surface area contributed by atoms with Gasteiger partial charge in [0.25, 0.3) is 0 Å². The Morgan fingerprint density at radius 3 is 2.75 bits per heavy atom. The van der Waals surface area contributed by atoms with Gasteiger partial charge in [0.15, 0.2) is 5.82 Å². The van der Waals surface area contributed by atoms with Gasteiger partial charge in [-0.3, -0.25) is 0 Å². The van der Waals surface area contributed by atoms with Gasteiger partial charge in [-0.15, -0.1) is 5.10 Å². The fourth-order valence-corrected chi connectivity index (χ4v) is 3.04. The molecule has 1 aromatic heterocycles. The van der Waals surface area contributed by atoms with Crippen LogP contribution in [0.25, 0.3) is 11.4 Å². The van der Waals surface area contributed by atoms with Crippen LogP contribution in [0.5, 0.6) is 0 Å². The summed E-state index contributed by atoms with van der Waals surface area (Å²) in [5.41, 5.74) is 7.22. The van der Waals surface area contributed by atoms with Crippen LogP contribution in [-0.2, 0) is 0 Å². The van der Waals surface area contributed by atoms with Gasteiger partial charge in [0.05, 0.1) is 16.8 Å². The highest BCUT2D eigenvalue weighted by molar-refractivity contribution is 6.35. The Kier molecular flexibility index (Phi) is 3.61. The molecule has 3 rings (SSSR count). The Morgan fingerprint density at radius 1 is 1.25 bits per heavy atom. The van der Waals surface area contributed by atoms with E-state index < -0.39 is 0 Å². The second kappa shape index (κ2) is 5.40. The topological polar surface area (TPSA) is 69.6 Å². The van der Waals surface area contributed by atoms with Gasteiger partial charge in [-0.05, 0) is 54.2 Å². The van der Waals surface area contributed by atoms with Gasteiger partial charge >= 0.3 is 0 Å². The number of hydrogen-bond acceptors (Lipinski definition) is 4. The van der Waals surface area contributed by atoms with E-state index in [1.54, 1.807) is 6.07 Å². The standard InChI is InChI=1S/C14H18ClN5/c1-9-5-7-10(8-6-9)20-14(17-18-19-20)11-3-2-4-12(16)13(11)15/h2-4,9-10H,5-8,16H2,1H3. The maximum absolute atomic E-state index is 6.28. The zero-order valence-corrected chi connectivity index (χ0v) is 12.2. The first-order valence-corrected chi connectivity index (χ1v) is 7.37. The molecule has 1 aliphatic rings. The van der Waals surface area contributed by atoms with Gasteiger partial charge in [-0.2, -0.15) is 0 Å². The van der Waals surface area contributed by atoms with Crippen molar-refractivity contribution >= 4 is 17.3 Å². The van der Waals surface area contributed by atoms with Gasteiger partial charge in [-0.25, -0.2) is 4.68 Å². The molecule has 0 spiro atoms. The van der Waals surface area contributed by atoms with Crippen LogP contribution < -0.4 is 5.73 Å². The van der Waals surface area contributed by atoms with Gasteiger partial charge in [0.2, 0.25) is 0 Å². The van der Waals surface area contributed by atoms with E-state index in [4.69, 9.17) is 17.3 Å². The van der Waals surface area contributed by atoms with Crippen LogP contribution in [0, 0.1) is 5.92 Å². The van der Waals surface area contributed by atoms with Crippen molar-refractivity contribution < 1.29 is 0 Å². The fraction of sp³-hybridized carbons (Fsp3) is 0.500. The minimum Gasteiger partial charge on any atom is -0.398 e. The van der Waals surface area contributed by atoms with E-state index in [1.165, 1.54) is 12.8 Å². The summed E-state index contributed by atoms with van der Waals surface area (Å²) in [6.07, 6.45) is 4.65. The number of nitrogens with zero attached hydrogens (tertiary/aromatic N) is 4.